The lowest BCUT2D eigenvalue weighted by Gasteiger charge is -2.17. The molecule has 4 rings (SSSR count). The predicted molar refractivity (Wildman–Crippen MR) is 104 cm³/mol. The van der Waals surface area contributed by atoms with Crippen LogP contribution in [0, 0.1) is 0 Å². The fraction of sp³-hybridized carbons (Fsp3) is 0.150. The van der Waals surface area contributed by atoms with Gasteiger partial charge in [0.05, 0.1) is 24.0 Å². The van der Waals surface area contributed by atoms with Gasteiger partial charge in [0.2, 0.25) is 0 Å². The van der Waals surface area contributed by atoms with Gasteiger partial charge in [-0.3, -0.25) is 9.52 Å². The van der Waals surface area contributed by atoms with Crippen molar-refractivity contribution in [3.63, 3.8) is 0 Å². The fourth-order valence-corrected chi connectivity index (χ4v) is 4.25. The van der Waals surface area contributed by atoms with Crippen molar-refractivity contribution in [3.05, 3.63) is 72.2 Å². The van der Waals surface area contributed by atoms with Crippen LogP contribution in [0.1, 0.15) is 16.1 Å². The Kier molecular flexibility index (Phi) is 4.56. The van der Waals surface area contributed by atoms with Crippen molar-refractivity contribution in [1.82, 2.24) is 0 Å². The van der Waals surface area contributed by atoms with Crippen LogP contribution in [0.15, 0.2) is 70.2 Å². The minimum atomic E-state index is -3.80. The normalized spacial score (nSPS) is 13.2. The predicted octanol–water partition coefficient (Wildman–Crippen LogP) is 3.29. The fourth-order valence-electron chi connectivity index (χ4n) is 3.17. The lowest BCUT2D eigenvalue weighted by Crippen LogP contribution is -2.28. The van der Waals surface area contributed by atoms with Crippen LogP contribution in [0.2, 0.25) is 0 Å². The molecular weight excluding hydrogens is 380 g/mol. The lowest BCUT2D eigenvalue weighted by atomic mass is 10.1. The van der Waals surface area contributed by atoms with Crippen LogP contribution in [0.5, 0.6) is 5.75 Å². The van der Waals surface area contributed by atoms with Crippen LogP contribution in [0.25, 0.3) is 0 Å². The van der Waals surface area contributed by atoms with E-state index in [0.29, 0.717) is 30.1 Å². The number of carbonyl (C=O) groups is 1. The summed E-state index contributed by atoms with van der Waals surface area (Å²) in [6.45, 7) is 0.515. The first-order valence-corrected chi connectivity index (χ1v) is 10.1. The van der Waals surface area contributed by atoms with Crippen molar-refractivity contribution in [2.75, 3.05) is 23.3 Å². The number of benzene rings is 2. The van der Waals surface area contributed by atoms with Crippen molar-refractivity contribution in [1.29, 1.82) is 0 Å². The van der Waals surface area contributed by atoms with Gasteiger partial charge in [0.1, 0.15) is 5.75 Å². The summed E-state index contributed by atoms with van der Waals surface area (Å²) in [5, 5.41) is 0. The van der Waals surface area contributed by atoms with Crippen LogP contribution in [0.4, 0.5) is 11.4 Å². The summed E-state index contributed by atoms with van der Waals surface area (Å²) in [5.74, 6) is 0.443. The average molecular weight is 398 g/mol. The van der Waals surface area contributed by atoms with Crippen molar-refractivity contribution in [2.24, 2.45) is 0 Å². The molecule has 3 aromatic rings. The average Bonchev–Trinajstić information content (AvgIpc) is 3.37. The third-order valence-electron chi connectivity index (χ3n) is 4.56. The standard InChI is InChI=1S/C20H18N2O5S/c1-26-16-4-2-5-17(13-16)28(24,25)21-15-8-7-14-9-10-22(18(14)12-15)20(23)19-6-3-11-27-19/h2-8,11-13,21H,9-10H2,1H3. The Labute approximate surface area is 162 Å². The number of ether oxygens (including phenoxy) is 1. The van der Waals surface area contributed by atoms with Gasteiger partial charge in [0.25, 0.3) is 15.9 Å². The maximum absolute atomic E-state index is 12.7. The first kappa shape index (κ1) is 18.1. The van der Waals surface area contributed by atoms with Crippen molar-refractivity contribution >= 4 is 27.3 Å². The largest absolute Gasteiger partial charge is 0.497 e. The van der Waals surface area contributed by atoms with Crippen LogP contribution >= 0.6 is 0 Å². The molecule has 8 heteroatoms. The Balaban J connectivity index is 1.62. The second-order valence-corrected chi connectivity index (χ2v) is 7.99. The molecule has 0 saturated heterocycles. The van der Waals surface area contributed by atoms with Crippen LogP contribution < -0.4 is 14.4 Å². The molecule has 1 aromatic heterocycles. The van der Waals surface area contributed by atoms with Gasteiger partial charge in [-0.15, -0.1) is 0 Å². The second-order valence-electron chi connectivity index (χ2n) is 6.31. The van der Waals surface area contributed by atoms with E-state index in [4.69, 9.17) is 9.15 Å². The van der Waals surface area contributed by atoms with E-state index in [0.717, 1.165) is 5.56 Å². The molecule has 2 heterocycles. The smallest absolute Gasteiger partial charge is 0.293 e. The number of anilines is 2. The van der Waals surface area contributed by atoms with Gasteiger partial charge in [-0.05, 0) is 48.4 Å². The topological polar surface area (TPSA) is 88.9 Å². The molecule has 1 aliphatic heterocycles. The minimum absolute atomic E-state index is 0.0934. The van der Waals surface area contributed by atoms with Crippen LogP contribution in [-0.4, -0.2) is 28.0 Å². The van der Waals surface area contributed by atoms with Gasteiger partial charge in [-0.25, -0.2) is 8.42 Å². The number of rotatable bonds is 5. The van der Waals surface area contributed by atoms with Gasteiger partial charge in [0, 0.05) is 18.3 Å². The summed E-state index contributed by atoms with van der Waals surface area (Å²) in [6.07, 6.45) is 2.15. The summed E-state index contributed by atoms with van der Waals surface area (Å²) in [6, 6.07) is 14.7. The quantitative estimate of drug-likeness (QED) is 0.712. The summed E-state index contributed by atoms with van der Waals surface area (Å²) in [5.41, 5.74) is 2.03. The Bertz CT molecular complexity index is 1120. The Hall–Kier alpha value is -3.26. The molecule has 0 spiro atoms. The Morgan fingerprint density at radius 1 is 1.14 bits per heavy atom. The minimum Gasteiger partial charge on any atom is -0.497 e. The molecule has 0 radical (unpaired) electrons. The molecule has 0 bridgehead atoms. The van der Waals surface area contributed by atoms with E-state index in [-0.39, 0.29) is 16.6 Å². The Morgan fingerprint density at radius 2 is 2.00 bits per heavy atom. The molecule has 0 saturated carbocycles. The first-order chi connectivity index (χ1) is 13.5. The number of nitrogens with one attached hydrogen (secondary N) is 1. The first-order valence-electron chi connectivity index (χ1n) is 8.63. The maximum Gasteiger partial charge on any atom is 0.293 e. The molecule has 1 aliphatic rings. The number of carbonyl (C=O) groups excluding carboxylic acids is 1. The summed E-state index contributed by atoms with van der Waals surface area (Å²) < 4.78 is 38.3. The highest BCUT2D eigenvalue weighted by Gasteiger charge is 2.28. The zero-order chi connectivity index (χ0) is 19.7. The molecule has 0 atom stereocenters. The van der Waals surface area contributed by atoms with E-state index in [1.54, 1.807) is 41.3 Å². The highest BCUT2D eigenvalue weighted by molar-refractivity contribution is 7.92. The van der Waals surface area contributed by atoms with E-state index in [1.165, 1.54) is 25.5 Å². The van der Waals surface area contributed by atoms with E-state index in [1.807, 2.05) is 6.07 Å². The molecule has 7 nitrogen and oxygen atoms in total. The molecule has 0 aliphatic carbocycles. The van der Waals surface area contributed by atoms with E-state index < -0.39 is 10.0 Å². The van der Waals surface area contributed by atoms with Gasteiger partial charge in [-0.2, -0.15) is 0 Å². The lowest BCUT2D eigenvalue weighted by molar-refractivity contribution is 0.0963. The highest BCUT2D eigenvalue weighted by Crippen LogP contribution is 2.33. The number of sulfonamides is 1. The number of amides is 1. The van der Waals surface area contributed by atoms with Crippen molar-refractivity contribution in [3.8, 4) is 5.75 Å². The molecule has 2 aromatic carbocycles. The van der Waals surface area contributed by atoms with Gasteiger partial charge >= 0.3 is 0 Å². The maximum atomic E-state index is 12.7. The van der Waals surface area contributed by atoms with E-state index in [2.05, 4.69) is 4.72 Å². The van der Waals surface area contributed by atoms with Crippen molar-refractivity contribution in [2.45, 2.75) is 11.3 Å². The number of hydrogen-bond acceptors (Lipinski definition) is 5. The molecular formula is C20H18N2O5S. The second kappa shape index (κ2) is 7.05. The Morgan fingerprint density at radius 3 is 2.75 bits per heavy atom. The number of fused-ring (bicyclic) bond motifs is 1. The number of nitrogens with zero attached hydrogens (tertiary/aromatic N) is 1. The highest BCUT2D eigenvalue weighted by atomic mass is 32.2. The molecule has 1 N–H and O–H groups in total. The summed E-state index contributed by atoms with van der Waals surface area (Å²) in [7, 11) is -2.32. The van der Waals surface area contributed by atoms with E-state index in [9.17, 15) is 13.2 Å². The van der Waals surface area contributed by atoms with E-state index >= 15 is 0 Å². The van der Waals surface area contributed by atoms with Crippen molar-refractivity contribution < 1.29 is 22.4 Å². The molecule has 0 unspecified atom stereocenters. The molecule has 144 valence electrons. The van der Waals surface area contributed by atoms with Crippen LogP contribution in [-0.2, 0) is 16.4 Å². The van der Waals surface area contributed by atoms with Gasteiger partial charge in [0.15, 0.2) is 5.76 Å². The molecule has 28 heavy (non-hydrogen) atoms. The summed E-state index contributed by atoms with van der Waals surface area (Å²) in [4.78, 5) is 14.3. The zero-order valence-electron chi connectivity index (χ0n) is 15.1. The van der Waals surface area contributed by atoms with Gasteiger partial charge in [-0.1, -0.05) is 12.1 Å². The number of methoxy groups -OCH3 is 1. The summed E-state index contributed by atoms with van der Waals surface area (Å²) >= 11 is 0. The molecule has 1 amide bonds. The number of hydrogen-bond donors (Lipinski definition) is 1. The zero-order valence-corrected chi connectivity index (χ0v) is 15.9. The van der Waals surface area contributed by atoms with Crippen LogP contribution in [0.3, 0.4) is 0 Å². The number of furan rings is 1. The third kappa shape index (κ3) is 3.34. The monoisotopic (exact) mass is 398 g/mol. The third-order valence-corrected chi connectivity index (χ3v) is 5.94. The van der Waals surface area contributed by atoms with Gasteiger partial charge < -0.3 is 14.1 Å². The SMILES string of the molecule is COc1cccc(S(=O)(=O)Nc2ccc3c(c2)N(C(=O)c2ccco2)CC3)c1. The molecule has 0 fully saturated rings.